The molecule has 0 fully saturated rings. The van der Waals surface area contributed by atoms with Crippen molar-refractivity contribution in [2.75, 3.05) is 4.90 Å². The molecule has 0 unspecified atom stereocenters. The van der Waals surface area contributed by atoms with Crippen LogP contribution in [0.25, 0.3) is 199 Å². The maximum absolute atomic E-state index is 5.02. The summed E-state index contributed by atoms with van der Waals surface area (Å²) in [5.41, 5.74) is 29.0. The van der Waals surface area contributed by atoms with Gasteiger partial charge < -0.3 is 9.47 Å². The molecule has 0 radical (unpaired) electrons. The standard InChI is InChI=1S/C49H37N3S.C40H31NS.C40H33NS/c1-48(2)39-26-25-38-42-36-21-12-11-14-30(36)23-27-41(42)53-44(38)43(39)37-24-22-34(29-40(37)49(48,3)4)33-19-13-20-35(28-33)47-51-45(31-15-7-5-8-16-31)50-46(52-47)32-17-9-6-10-18-32;1-39(2)33-23-37-32(22-30(33)29-19-17-24-11-5-6-12-26(24)38(29)40(39,3)4)31-21-25(18-20-36(31)42-37)41-34-15-9-7-13-27(34)28-14-8-10-16-35(28)41;1-39(2)35-25-37-34(24-32(35)31-21-19-26-13-11-12-18-30(26)38(31)40(39,3)4)33-23-29(20-22-36(33)42-37)41(27-14-7-5-8-15-27)28-16-9-6-10-17-28/h5-29H,1-4H3;5-23H,1-4H3;5-25H,1-4H3. The van der Waals surface area contributed by atoms with Crippen LogP contribution in [0.15, 0.2) is 394 Å². The predicted molar refractivity (Wildman–Crippen MR) is 589 cm³/mol. The van der Waals surface area contributed by atoms with Crippen molar-refractivity contribution in [1.82, 2.24) is 19.5 Å². The number of nitrogens with zero attached hydrogens (tertiary/aromatic N) is 5. The molecule has 660 valence electrons. The van der Waals surface area contributed by atoms with E-state index in [0.717, 1.165) is 33.6 Å². The van der Waals surface area contributed by atoms with Gasteiger partial charge in [0.05, 0.1) is 11.0 Å². The molecule has 3 aliphatic carbocycles. The normalized spacial score (nSPS) is 14.9. The lowest BCUT2D eigenvalue weighted by Gasteiger charge is -2.49. The van der Waals surface area contributed by atoms with Crippen molar-refractivity contribution in [2.24, 2.45) is 0 Å². The van der Waals surface area contributed by atoms with E-state index >= 15 is 0 Å². The van der Waals surface area contributed by atoms with Gasteiger partial charge in [-0.15, -0.1) is 34.0 Å². The second-order valence-electron chi connectivity index (χ2n) is 40.9. The molecule has 5 aromatic heterocycles. The molecule has 0 saturated heterocycles. The van der Waals surface area contributed by atoms with Crippen LogP contribution >= 0.6 is 34.0 Å². The van der Waals surface area contributed by atoms with Gasteiger partial charge in [-0.2, -0.15) is 0 Å². The summed E-state index contributed by atoms with van der Waals surface area (Å²) in [7, 11) is 0. The summed E-state index contributed by atoms with van der Waals surface area (Å²) in [4.78, 5) is 17.3. The van der Waals surface area contributed by atoms with Gasteiger partial charge in [0, 0.05) is 127 Å². The van der Waals surface area contributed by atoms with Gasteiger partial charge in [0.25, 0.3) is 0 Å². The number of fused-ring (bicyclic) bond motifs is 28. The number of para-hydroxylation sites is 4. The molecule has 0 aliphatic heterocycles. The number of thiophene rings is 3. The fourth-order valence-electron chi connectivity index (χ4n) is 23.1. The molecule has 24 aromatic rings. The molecule has 0 atom stereocenters. The number of aromatic nitrogens is 4. The molecule has 0 amide bonds. The summed E-state index contributed by atoms with van der Waals surface area (Å²) < 4.78 is 10.6. The maximum atomic E-state index is 5.02. The van der Waals surface area contributed by atoms with Crippen LogP contribution in [0.4, 0.5) is 17.1 Å². The number of anilines is 3. The topological polar surface area (TPSA) is 46.8 Å². The summed E-state index contributed by atoms with van der Waals surface area (Å²) in [6.45, 7) is 29.2. The van der Waals surface area contributed by atoms with E-state index < -0.39 is 0 Å². The van der Waals surface area contributed by atoms with Crippen molar-refractivity contribution in [3.8, 4) is 84.4 Å². The zero-order chi connectivity index (χ0) is 92.9. The molecule has 5 heterocycles. The molecule has 3 aliphatic rings. The molecule has 8 heteroatoms. The van der Waals surface area contributed by atoms with E-state index in [0.29, 0.717) is 17.5 Å². The minimum absolute atomic E-state index is 0.0236. The van der Waals surface area contributed by atoms with Gasteiger partial charge in [0.1, 0.15) is 0 Å². The Morgan fingerprint density at radius 2 is 0.628 bits per heavy atom. The van der Waals surface area contributed by atoms with Crippen molar-refractivity contribution < 1.29 is 0 Å². The summed E-state index contributed by atoms with van der Waals surface area (Å²) in [5.74, 6) is 1.99. The highest BCUT2D eigenvalue weighted by Gasteiger charge is 2.50. The van der Waals surface area contributed by atoms with Gasteiger partial charge in [-0.05, 0) is 242 Å². The third-order valence-electron chi connectivity index (χ3n) is 32.4. The summed E-state index contributed by atoms with van der Waals surface area (Å²) in [6.07, 6.45) is 0. The lowest BCUT2D eigenvalue weighted by atomic mass is 9.54. The van der Waals surface area contributed by atoms with Gasteiger partial charge in [-0.1, -0.05) is 362 Å². The van der Waals surface area contributed by atoms with Crippen LogP contribution in [-0.2, 0) is 32.5 Å². The lowest BCUT2D eigenvalue weighted by Crippen LogP contribution is -2.43. The monoisotopic (exact) mass is 1820 g/mol. The summed E-state index contributed by atoms with van der Waals surface area (Å²) >= 11 is 5.77. The smallest absolute Gasteiger partial charge is 0.164 e. The van der Waals surface area contributed by atoms with Crippen LogP contribution in [0.2, 0.25) is 0 Å². The van der Waals surface area contributed by atoms with E-state index in [2.05, 4.69) is 426 Å². The number of rotatable bonds is 8. The van der Waals surface area contributed by atoms with Crippen LogP contribution in [0.3, 0.4) is 0 Å². The largest absolute Gasteiger partial charge is 0.310 e. The van der Waals surface area contributed by atoms with Crippen LogP contribution in [-0.4, -0.2) is 19.5 Å². The molecule has 0 bridgehead atoms. The van der Waals surface area contributed by atoms with Gasteiger partial charge in [-0.3, -0.25) is 0 Å². The first kappa shape index (κ1) is 84.0. The van der Waals surface area contributed by atoms with E-state index in [1.165, 1.54) is 198 Å². The Kier molecular flexibility index (Phi) is 19.3. The highest BCUT2D eigenvalue weighted by atomic mass is 32.1. The molecule has 0 N–H and O–H groups in total. The van der Waals surface area contributed by atoms with Gasteiger partial charge in [-0.25, -0.2) is 15.0 Å². The maximum Gasteiger partial charge on any atom is 0.164 e. The molecule has 137 heavy (non-hydrogen) atoms. The highest BCUT2D eigenvalue weighted by Crippen LogP contribution is 2.62. The van der Waals surface area contributed by atoms with E-state index in [-0.39, 0.29) is 32.5 Å². The minimum Gasteiger partial charge on any atom is -0.310 e. The molecule has 0 saturated carbocycles. The Balaban J connectivity index is 0.000000110. The second-order valence-corrected chi connectivity index (χ2v) is 44.1. The average molecular weight is 1820 g/mol. The molecule has 5 nitrogen and oxygen atoms in total. The Morgan fingerprint density at radius 1 is 0.226 bits per heavy atom. The Morgan fingerprint density at radius 3 is 1.18 bits per heavy atom. The van der Waals surface area contributed by atoms with E-state index in [1.807, 2.05) is 94.7 Å². The van der Waals surface area contributed by atoms with E-state index in [9.17, 15) is 0 Å². The second kappa shape index (κ2) is 31.4. The number of hydrogen-bond donors (Lipinski definition) is 0. The summed E-state index contributed by atoms with van der Waals surface area (Å²) in [5, 5.41) is 18.7. The fourth-order valence-corrected chi connectivity index (χ4v) is 26.6. The Bertz CT molecular complexity index is 8950. The first-order valence-corrected chi connectivity index (χ1v) is 50.4. The van der Waals surface area contributed by atoms with Gasteiger partial charge in [0.2, 0.25) is 0 Å². The first-order chi connectivity index (χ1) is 66.5. The quantitative estimate of drug-likeness (QED) is 0.152. The fraction of sp³-hybridized carbons (Fsp3) is 0.140. The average Bonchev–Trinajstić information content (AvgIpc) is 1.69. The predicted octanol–water partition coefficient (Wildman–Crippen LogP) is 36.8. The van der Waals surface area contributed by atoms with Gasteiger partial charge in [0.15, 0.2) is 17.5 Å². The van der Waals surface area contributed by atoms with Crippen LogP contribution in [0.1, 0.15) is 116 Å². The van der Waals surface area contributed by atoms with Crippen LogP contribution in [0, 0.1) is 0 Å². The minimum atomic E-state index is -0.122. The highest BCUT2D eigenvalue weighted by molar-refractivity contribution is 7.27. The van der Waals surface area contributed by atoms with Gasteiger partial charge >= 0.3 is 0 Å². The third-order valence-corrected chi connectivity index (χ3v) is 35.8. The van der Waals surface area contributed by atoms with E-state index in [4.69, 9.17) is 15.0 Å². The van der Waals surface area contributed by atoms with Crippen molar-refractivity contribution >= 4 is 166 Å². The summed E-state index contributed by atoms with van der Waals surface area (Å²) in [6, 6.07) is 144. The molecular formula is C129H101N5S3. The molecule has 27 rings (SSSR count). The zero-order valence-electron chi connectivity index (χ0n) is 79.0. The first-order valence-electron chi connectivity index (χ1n) is 47.9. The van der Waals surface area contributed by atoms with Crippen LogP contribution in [0.5, 0.6) is 0 Å². The molecule has 0 spiro atoms. The number of hydrogen-bond acceptors (Lipinski definition) is 7. The van der Waals surface area contributed by atoms with Crippen molar-refractivity contribution in [2.45, 2.75) is 116 Å². The van der Waals surface area contributed by atoms with Crippen LogP contribution < -0.4 is 4.90 Å². The number of benzene rings is 19. The SMILES string of the molecule is CC1(C)c2cc(-c3cccc(-c4nc(-c5ccccc5)nc(-c5ccccc5)n4)c3)ccc2-c2c(ccc3c2sc2ccc4ccccc4c23)C1(C)C.CC1(C)c2cc3sc4ccc(-n5c6ccccc6c6ccccc65)cc4c3cc2-c2ccc3ccccc3c2C1(C)C.CC1(C)c2cc3sc4ccc(N(c5ccccc5)c5ccccc5)cc4c3cc2-c2ccc3ccccc3c2C1(C)C. The van der Waals surface area contributed by atoms with Crippen molar-refractivity contribution in [3.63, 3.8) is 0 Å². The van der Waals surface area contributed by atoms with Crippen molar-refractivity contribution in [3.05, 3.63) is 428 Å². The van der Waals surface area contributed by atoms with E-state index in [1.54, 1.807) is 0 Å². The third kappa shape index (κ3) is 13.0. The van der Waals surface area contributed by atoms with Crippen molar-refractivity contribution in [1.29, 1.82) is 0 Å². The Labute approximate surface area is 811 Å². The Hall–Kier alpha value is -14.8. The lowest BCUT2D eigenvalue weighted by molar-refractivity contribution is 0.299. The molecule has 19 aromatic carbocycles. The molecular weight excluding hydrogens is 1720 g/mol. The zero-order valence-corrected chi connectivity index (χ0v) is 81.4.